The van der Waals surface area contributed by atoms with E-state index in [4.69, 9.17) is 23.7 Å². The van der Waals surface area contributed by atoms with Crippen molar-refractivity contribution in [2.75, 3.05) is 59.3 Å². The first kappa shape index (κ1) is 61.3. The molecule has 84 heavy (non-hydrogen) atoms. The van der Waals surface area contributed by atoms with Crippen LogP contribution < -0.4 is 29.5 Å². The zero-order chi connectivity index (χ0) is 59.7. The van der Waals surface area contributed by atoms with E-state index in [1.165, 1.54) is 0 Å². The molecule has 15 heteroatoms. The maximum atomic E-state index is 15.3. The highest BCUT2D eigenvalue weighted by Gasteiger charge is 2.28. The van der Waals surface area contributed by atoms with Crippen LogP contribution in [0.4, 0.5) is 0 Å². The molecule has 0 spiro atoms. The number of unbranched alkanes of at least 4 members (excludes halogenated alkanes) is 2. The van der Waals surface area contributed by atoms with Crippen LogP contribution in [0.1, 0.15) is 101 Å². The molecule has 8 rings (SSSR count). The predicted octanol–water partition coefficient (Wildman–Crippen LogP) is 9.49. The summed E-state index contributed by atoms with van der Waals surface area (Å²) in [4.78, 5) is 70.0. The summed E-state index contributed by atoms with van der Waals surface area (Å²) in [6.45, 7) is 9.21. The number of rotatable bonds is 31. The summed E-state index contributed by atoms with van der Waals surface area (Å²) in [6, 6.07) is 41.3. The smallest absolute Gasteiger partial charge is 0.254 e. The fraction of sp³-hybridized carbons (Fsp3) is 0.319. The molecule has 2 amide bonds. The number of fused-ring (bicyclic) bond motifs is 6. The number of hydrogen-bond donors (Lipinski definition) is 0. The zero-order valence-corrected chi connectivity index (χ0v) is 48.4. The SMILES string of the molecule is CCCCOCCCN(Cc1cc(C)cc(-c2cc(C)cc(-c3cc(C)cc(CN(CCCOCCCC)C(=O)c4ccc5c6ccccc6c6ccccc6c5c4)c3OCC(=O)[O-])c2OCC(=O)[O-])c1OCC(=O)[O-])C(=O)c1ccccc1. The number of carbonyl (C=O) groups excluding carboxylic acids is 5. The standard InChI is InChI=1S/C69H74N2O13/c1-6-8-29-80-31-17-27-70(68(78)48-19-11-10-12-20-48)40-50-33-45(3)35-58(65(50)82-42-62(72)73)60-37-47(5)38-61(67(60)84-44-64(76)77)59-36-46(4)34-51(66(59)83-43-63(74)75)41-71(28-18-32-81-30-9-7-2)69(79)49-25-26-56-54-23-14-13-21-52(54)53-22-15-16-24-55(53)57(56)39-49/h10-16,19-26,33-39H,6-9,17-18,27-32,40-44H2,1-5H3,(H,72,73)(H,74,75)(H,76,77)/p-3. The van der Waals surface area contributed by atoms with Crippen molar-refractivity contribution in [3.8, 4) is 39.5 Å². The maximum Gasteiger partial charge on any atom is 0.254 e. The van der Waals surface area contributed by atoms with Gasteiger partial charge in [-0.25, -0.2) is 0 Å². The van der Waals surface area contributed by atoms with E-state index in [-0.39, 0.29) is 71.9 Å². The fourth-order valence-electron chi connectivity index (χ4n) is 10.7. The third-order valence-corrected chi connectivity index (χ3v) is 14.5. The van der Waals surface area contributed by atoms with Gasteiger partial charge in [-0.3, -0.25) is 9.59 Å². The molecule has 8 aromatic rings. The Morgan fingerprint density at radius 1 is 0.393 bits per heavy atom. The van der Waals surface area contributed by atoms with E-state index in [0.29, 0.717) is 83.8 Å². The lowest BCUT2D eigenvalue weighted by Gasteiger charge is -2.28. The van der Waals surface area contributed by atoms with Crippen molar-refractivity contribution in [1.29, 1.82) is 0 Å². The largest absolute Gasteiger partial charge is 0.546 e. The summed E-state index contributed by atoms with van der Waals surface area (Å²) in [5, 5.41) is 43.2. The average Bonchev–Trinajstić information content (AvgIpc) is 1.34. The molecule has 0 atom stereocenters. The summed E-state index contributed by atoms with van der Waals surface area (Å²) in [6.07, 6.45) is 4.67. The van der Waals surface area contributed by atoms with Crippen molar-refractivity contribution in [2.45, 2.75) is 86.2 Å². The van der Waals surface area contributed by atoms with E-state index in [1.54, 1.807) is 71.3 Å². The summed E-state index contributed by atoms with van der Waals surface area (Å²) >= 11 is 0. The van der Waals surface area contributed by atoms with Crippen LogP contribution in [-0.2, 0) is 36.9 Å². The number of carboxylic acid groups (broad SMARTS) is 3. The van der Waals surface area contributed by atoms with Gasteiger partial charge in [0.05, 0.1) is 17.9 Å². The second kappa shape index (κ2) is 29.5. The Morgan fingerprint density at radius 2 is 0.750 bits per heavy atom. The minimum Gasteiger partial charge on any atom is -0.546 e. The molecular weight excluding hydrogens is 1060 g/mol. The lowest BCUT2D eigenvalue weighted by atomic mass is 9.90. The minimum absolute atomic E-state index is 0.0241. The van der Waals surface area contributed by atoms with Crippen molar-refractivity contribution in [1.82, 2.24) is 9.80 Å². The van der Waals surface area contributed by atoms with Crippen LogP contribution in [0.15, 0.2) is 133 Å². The van der Waals surface area contributed by atoms with E-state index in [0.717, 1.165) is 58.0 Å². The number of aryl methyl sites for hydroxylation is 3. The highest BCUT2D eigenvalue weighted by molar-refractivity contribution is 6.26. The molecule has 0 aliphatic carbocycles. The average molecular weight is 1140 g/mol. The molecule has 15 nitrogen and oxygen atoms in total. The van der Waals surface area contributed by atoms with Gasteiger partial charge in [-0.05, 0) is 144 Å². The van der Waals surface area contributed by atoms with E-state index in [1.807, 2.05) is 68.4 Å². The van der Waals surface area contributed by atoms with Crippen molar-refractivity contribution < 1.29 is 63.0 Å². The normalized spacial score (nSPS) is 11.2. The lowest BCUT2D eigenvalue weighted by Crippen LogP contribution is -2.33. The van der Waals surface area contributed by atoms with Crippen molar-refractivity contribution in [2.24, 2.45) is 0 Å². The predicted molar refractivity (Wildman–Crippen MR) is 319 cm³/mol. The van der Waals surface area contributed by atoms with Crippen LogP contribution in [-0.4, -0.2) is 98.9 Å². The molecule has 0 radical (unpaired) electrons. The highest BCUT2D eigenvalue weighted by atomic mass is 16.5. The van der Waals surface area contributed by atoms with Gasteiger partial charge in [0.25, 0.3) is 11.8 Å². The van der Waals surface area contributed by atoms with Crippen LogP contribution in [0.3, 0.4) is 0 Å². The fourth-order valence-corrected chi connectivity index (χ4v) is 10.7. The van der Waals surface area contributed by atoms with Crippen molar-refractivity contribution >= 4 is 62.0 Å². The summed E-state index contributed by atoms with van der Waals surface area (Å²) in [5.41, 5.74) is 4.78. The van der Waals surface area contributed by atoms with Gasteiger partial charge in [0, 0.05) is 97.1 Å². The van der Waals surface area contributed by atoms with Crippen LogP contribution in [0, 0.1) is 20.8 Å². The molecule has 8 aromatic carbocycles. The van der Waals surface area contributed by atoms with Crippen molar-refractivity contribution in [3.63, 3.8) is 0 Å². The Hall–Kier alpha value is -8.79. The third kappa shape index (κ3) is 15.4. The van der Waals surface area contributed by atoms with Gasteiger partial charge in [0.1, 0.15) is 37.1 Å². The molecule has 0 bridgehead atoms. The topological polar surface area (TPSA) is 207 Å². The van der Waals surface area contributed by atoms with E-state index < -0.39 is 37.7 Å². The molecule has 0 N–H and O–H groups in total. The quantitative estimate of drug-likeness (QED) is 0.0293. The Morgan fingerprint density at radius 3 is 1.18 bits per heavy atom. The number of hydrogen-bond acceptors (Lipinski definition) is 13. The molecule has 0 heterocycles. The minimum atomic E-state index is -1.55. The number of nitrogens with zero attached hydrogens (tertiary/aromatic N) is 2. The molecule has 0 saturated carbocycles. The lowest BCUT2D eigenvalue weighted by molar-refractivity contribution is -0.308. The highest BCUT2D eigenvalue weighted by Crippen LogP contribution is 2.48. The summed E-state index contributed by atoms with van der Waals surface area (Å²) in [5.74, 6) is -5.09. The van der Waals surface area contributed by atoms with Crippen LogP contribution in [0.2, 0.25) is 0 Å². The summed E-state index contributed by atoms with van der Waals surface area (Å²) in [7, 11) is 0. The molecule has 0 aromatic heterocycles. The molecule has 0 fully saturated rings. The Labute approximate surface area is 490 Å². The van der Waals surface area contributed by atoms with Gasteiger partial charge in [0.2, 0.25) is 0 Å². The van der Waals surface area contributed by atoms with Crippen LogP contribution >= 0.6 is 0 Å². The molecule has 438 valence electrons. The number of amides is 2. The van der Waals surface area contributed by atoms with E-state index in [2.05, 4.69) is 38.1 Å². The maximum absolute atomic E-state index is 15.3. The Bertz CT molecular complexity index is 3620. The number of benzene rings is 8. The van der Waals surface area contributed by atoms with E-state index in [9.17, 15) is 34.5 Å². The Balaban J connectivity index is 1.27. The van der Waals surface area contributed by atoms with Crippen LogP contribution in [0.5, 0.6) is 17.2 Å². The van der Waals surface area contributed by atoms with Gasteiger partial charge in [-0.1, -0.05) is 112 Å². The number of aliphatic carboxylic acids is 3. The first-order valence-electron chi connectivity index (χ1n) is 28.7. The number of ether oxygens (including phenoxy) is 5. The van der Waals surface area contributed by atoms with Gasteiger partial charge < -0.3 is 63.2 Å². The van der Waals surface area contributed by atoms with Gasteiger partial charge in [-0.2, -0.15) is 0 Å². The zero-order valence-electron chi connectivity index (χ0n) is 48.4. The molecule has 0 saturated heterocycles. The van der Waals surface area contributed by atoms with Gasteiger partial charge in [-0.15, -0.1) is 0 Å². The first-order chi connectivity index (χ1) is 40.6. The van der Waals surface area contributed by atoms with Crippen LogP contribution in [0.25, 0.3) is 54.6 Å². The monoisotopic (exact) mass is 1140 g/mol. The van der Waals surface area contributed by atoms with E-state index >= 15 is 4.79 Å². The first-order valence-corrected chi connectivity index (χ1v) is 28.7. The van der Waals surface area contributed by atoms with Gasteiger partial charge >= 0.3 is 0 Å². The molecule has 0 aliphatic heterocycles. The summed E-state index contributed by atoms with van der Waals surface area (Å²) < 4.78 is 30.5. The molecular formula is C69H71N2O13-3. The number of carbonyl (C=O) groups is 5. The van der Waals surface area contributed by atoms with Crippen molar-refractivity contribution in [3.05, 3.63) is 172 Å². The second-order valence-corrected chi connectivity index (χ2v) is 21.1. The third-order valence-electron chi connectivity index (χ3n) is 14.5. The molecule has 0 aliphatic rings. The molecule has 0 unspecified atom stereocenters. The van der Waals surface area contributed by atoms with Gasteiger partial charge in [0.15, 0.2) is 0 Å². The number of carboxylic acids is 3. The second-order valence-electron chi connectivity index (χ2n) is 21.1. The Kier molecular flexibility index (Phi) is 21.5.